The van der Waals surface area contributed by atoms with Gasteiger partial charge < -0.3 is 14.9 Å². The average molecular weight is 298 g/mol. The second-order valence-electron chi connectivity index (χ2n) is 4.40. The fourth-order valence-corrected chi connectivity index (χ4v) is 1.77. The third kappa shape index (κ3) is 4.94. The molecule has 0 bridgehead atoms. The summed E-state index contributed by atoms with van der Waals surface area (Å²) in [7, 11) is 0. The summed E-state index contributed by atoms with van der Waals surface area (Å²) < 4.78 is 5.44. The normalized spacial score (nSPS) is 10.4. The van der Waals surface area contributed by atoms with Crippen LogP contribution in [0, 0.1) is 0 Å². The fourth-order valence-electron chi connectivity index (χ4n) is 1.77. The van der Waals surface area contributed by atoms with Crippen LogP contribution in [0.15, 0.2) is 59.8 Å². The molecule has 2 rings (SSSR count). The molecular weight excluding hydrogens is 280 g/mol. The number of rotatable bonds is 7. The van der Waals surface area contributed by atoms with E-state index in [9.17, 15) is 4.79 Å². The van der Waals surface area contributed by atoms with Crippen LogP contribution in [0.2, 0.25) is 0 Å². The Morgan fingerprint density at radius 1 is 1.14 bits per heavy atom. The van der Waals surface area contributed by atoms with Crippen molar-refractivity contribution in [2.75, 3.05) is 18.5 Å². The Morgan fingerprint density at radius 3 is 2.64 bits per heavy atom. The number of carbonyl (C=O) groups is 1. The van der Waals surface area contributed by atoms with Crippen LogP contribution in [0.1, 0.15) is 12.5 Å². The smallest absolute Gasteiger partial charge is 0.265 e. The highest BCUT2D eigenvalue weighted by Gasteiger charge is 2.07. The van der Waals surface area contributed by atoms with Crippen LogP contribution in [-0.4, -0.2) is 25.3 Å². The van der Waals surface area contributed by atoms with Crippen LogP contribution in [0.5, 0.6) is 5.75 Å². The lowest BCUT2D eigenvalue weighted by Crippen LogP contribution is -2.17. The van der Waals surface area contributed by atoms with E-state index >= 15 is 0 Å². The van der Waals surface area contributed by atoms with E-state index in [1.54, 1.807) is 18.3 Å². The summed E-state index contributed by atoms with van der Waals surface area (Å²) in [6, 6.07) is 16.8. The van der Waals surface area contributed by atoms with Gasteiger partial charge in [-0.15, -0.1) is 0 Å². The molecule has 0 atom stereocenters. The van der Waals surface area contributed by atoms with Gasteiger partial charge in [0.15, 0.2) is 6.61 Å². The minimum atomic E-state index is -0.294. The standard InChI is InChI=1S/C17H18N2O3/c1-2-21-16-11-7-6-10-15(16)19-17(20)13-22-18-12-14-8-4-3-5-9-14/h3-12H,2,13H2,1H3,(H,19,20)/b18-12-. The third-order valence-corrected chi connectivity index (χ3v) is 2.73. The molecule has 1 amide bonds. The van der Waals surface area contributed by atoms with E-state index in [-0.39, 0.29) is 12.5 Å². The molecule has 0 aliphatic rings. The lowest BCUT2D eigenvalue weighted by molar-refractivity contribution is -0.120. The number of benzene rings is 2. The Kier molecular flexibility index (Phi) is 5.99. The van der Waals surface area contributed by atoms with Crippen molar-refractivity contribution in [3.8, 4) is 5.75 Å². The van der Waals surface area contributed by atoms with Gasteiger partial charge in [0.2, 0.25) is 0 Å². The maximum Gasteiger partial charge on any atom is 0.265 e. The number of nitrogens with zero attached hydrogens (tertiary/aromatic N) is 1. The molecule has 5 nitrogen and oxygen atoms in total. The molecule has 0 saturated carbocycles. The van der Waals surface area contributed by atoms with Gasteiger partial charge in [-0.3, -0.25) is 4.79 Å². The molecule has 0 fully saturated rings. The predicted molar refractivity (Wildman–Crippen MR) is 86.2 cm³/mol. The van der Waals surface area contributed by atoms with Crippen molar-refractivity contribution in [3.63, 3.8) is 0 Å². The summed E-state index contributed by atoms with van der Waals surface area (Å²) >= 11 is 0. The second kappa shape index (κ2) is 8.46. The van der Waals surface area contributed by atoms with Gasteiger partial charge in [0.05, 0.1) is 18.5 Å². The average Bonchev–Trinajstić information content (AvgIpc) is 2.55. The summed E-state index contributed by atoms with van der Waals surface area (Å²) in [5.74, 6) is 0.337. The van der Waals surface area contributed by atoms with Crippen molar-refractivity contribution >= 4 is 17.8 Å². The van der Waals surface area contributed by atoms with Crippen LogP contribution < -0.4 is 10.1 Å². The maximum absolute atomic E-state index is 11.8. The minimum Gasteiger partial charge on any atom is -0.492 e. The molecular formula is C17H18N2O3. The summed E-state index contributed by atoms with van der Waals surface area (Å²) in [6.07, 6.45) is 1.56. The van der Waals surface area contributed by atoms with Gasteiger partial charge in [-0.1, -0.05) is 47.6 Å². The zero-order valence-corrected chi connectivity index (χ0v) is 12.4. The molecule has 0 spiro atoms. The Hall–Kier alpha value is -2.82. The molecule has 5 heteroatoms. The zero-order chi connectivity index (χ0) is 15.6. The van der Waals surface area contributed by atoms with Crippen molar-refractivity contribution in [3.05, 3.63) is 60.2 Å². The number of ether oxygens (including phenoxy) is 1. The molecule has 0 saturated heterocycles. The number of hydrogen-bond donors (Lipinski definition) is 1. The lowest BCUT2D eigenvalue weighted by atomic mass is 10.2. The molecule has 2 aromatic rings. The van der Waals surface area contributed by atoms with Crippen LogP contribution >= 0.6 is 0 Å². The fraction of sp³-hybridized carbons (Fsp3) is 0.176. The van der Waals surface area contributed by atoms with Crippen LogP contribution in [0.3, 0.4) is 0 Å². The van der Waals surface area contributed by atoms with Gasteiger partial charge in [0.1, 0.15) is 5.75 Å². The summed E-state index contributed by atoms with van der Waals surface area (Å²) in [6.45, 7) is 2.26. The number of nitrogens with one attached hydrogen (secondary N) is 1. The Morgan fingerprint density at radius 2 is 1.86 bits per heavy atom. The molecule has 2 aromatic carbocycles. The molecule has 1 N–H and O–H groups in total. The zero-order valence-electron chi connectivity index (χ0n) is 12.4. The quantitative estimate of drug-likeness (QED) is 0.631. The maximum atomic E-state index is 11.8. The topological polar surface area (TPSA) is 59.9 Å². The van der Waals surface area contributed by atoms with E-state index in [2.05, 4.69) is 10.5 Å². The SMILES string of the molecule is CCOc1ccccc1NC(=O)CO/N=C\c1ccccc1. The van der Waals surface area contributed by atoms with Crippen LogP contribution in [-0.2, 0) is 9.63 Å². The Bertz CT molecular complexity index is 627. The molecule has 0 radical (unpaired) electrons. The summed E-state index contributed by atoms with van der Waals surface area (Å²) in [5, 5.41) is 6.50. The van der Waals surface area contributed by atoms with Gasteiger partial charge in [0.25, 0.3) is 5.91 Å². The van der Waals surface area contributed by atoms with E-state index in [1.807, 2.05) is 49.4 Å². The predicted octanol–water partition coefficient (Wildman–Crippen LogP) is 3.07. The van der Waals surface area contributed by atoms with E-state index in [1.165, 1.54) is 0 Å². The molecule has 0 heterocycles. The highest BCUT2D eigenvalue weighted by atomic mass is 16.6. The van der Waals surface area contributed by atoms with E-state index in [0.29, 0.717) is 18.0 Å². The lowest BCUT2D eigenvalue weighted by Gasteiger charge is -2.10. The number of carbonyl (C=O) groups excluding carboxylic acids is 1. The summed E-state index contributed by atoms with van der Waals surface area (Å²) in [5.41, 5.74) is 1.52. The Balaban J connectivity index is 1.82. The van der Waals surface area contributed by atoms with Crippen molar-refractivity contribution < 1.29 is 14.4 Å². The number of amides is 1. The van der Waals surface area contributed by atoms with Crippen molar-refractivity contribution in [2.45, 2.75) is 6.92 Å². The van der Waals surface area contributed by atoms with Gasteiger partial charge in [0, 0.05) is 0 Å². The highest BCUT2D eigenvalue weighted by molar-refractivity contribution is 5.93. The third-order valence-electron chi connectivity index (χ3n) is 2.73. The molecule has 0 aromatic heterocycles. The number of oxime groups is 1. The van der Waals surface area contributed by atoms with Crippen LogP contribution in [0.4, 0.5) is 5.69 Å². The monoisotopic (exact) mass is 298 g/mol. The molecule has 0 unspecified atom stereocenters. The van der Waals surface area contributed by atoms with E-state index < -0.39 is 0 Å². The van der Waals surface area contributed by atoms with Gasteiger partial charge in [-0.2, -0.15) is 0 Å². The first kappa shape index (κ1) is 15.6. The van der Waals surface area contributed by atoms with Gasteiger partial charge >= 0.3 is 0 Å². The first-order valence-electron chi connectivity index (χ1n) is 7.01. The largest absolute Gasteiger partial charge is 0.492 e. The molecule has 22 heavy (non-hydrogen) atoms. The summed E-state index contributed by atoms with van der Waals surface area (Å²) in [4.78, 5) is 16.8. The van der Waals surface area contributed by atoms with Gasteiger partial charge in [-0.05, 0) is 24.6 Å². The number of hydrogen-bond acceptors (Lipinski definition) is 4. The highest BCUT2D eigenvalue weighted by Crippen LogP contribution is 2.23. The van der Waals surface area contributed by atoms with Crippen LogP contribution in [0.25, 0.3) is 0 Å². The van der Waals surface area contributed by atoms with E-state index in [0.717, 1.165) is 5.56 Å². The second-order valence-corrected chi connectivity index (χ2v) is 4.40. The van der Waals surface area contributed by atoms with Crippen molar-refractivity contribution in [1.29, 1.82) is 0 Å². The minimum absolute atomic E-state index is 0.163. The van der Waals surface area contributed by atoms with E-state index in [4.69, 9.17) is 9.57 Å². The van der Waals surface area contributed by atoms with Crippen molar-refractivity contribution in [1.82, 2.24) is 0 Å². The molecule has 0 aliphatic carbocycles. The first-order chi connectivity index (χ1) is 10.8. The van der Waals surface area contributed by atoms with Gasteiger partial charge in [-0.25, -0.2) is 0 Å². The number of para-hydroxylation sites is 2. The van der Waals surface area contributed by atoms with Crippen molar-refractivity contribution in [2.24, 2.45) is 5.16 Å². The number of anilines is 1. The molecule has 0 aliphatic heterocycles. The first-order valence-corrected chi connectivity index (χ1v) is 7.01. The molecule has 114 valence electrons. The Labute approximate surface area is 129 Å².